The molecule has 0 aliphatic heterocycles. The van der Waals surface area contributed by atoms with Crippen molar-refractivity contribution in [1.29, 1.82) is 0 Å². The predicted molar refractivity (Wildman–Crippen MR) is 106 cm³/mol. The van der Waals surface area contributed by atoms with Gasteiger partial charge in [-0.15, -0.1) is 0 Å². The first-order chi connectivity index (χ1) is 12.4. The maximum absolute atomic E-state index is 12.4. The average Bonchev–Trinajstić information content (AvgIpc) is 2.65. The Labute approximate surface area is 156 Å². The monoisotopic (exact) mass is 349 g/mol. The lowest BCUT2D eigenvalue weighted by atomic mass is 9.78. The van der Waals surface area contributed by atoms with Gasteiger partial charge in [-0.05, 0) is 35.6 Å². The van der Waals surface area contributed by atoms with Crippen LogP contribution in [0.4, 0.5) is 0 Å². The lowest BCUT2D eigenvalue weighted by Crippen LogP contribution is -2.35. The number of nitrogens with one attached hydrogen (secondary N) is 1. The van der Waals surface area contributed by atoms with Crippen LogP contribution in [-0.2, 0) is 9.59 Å². The zero-order valence-corrected chi connectivity index (χ0v) is 15.7. The molecule has 0 saturated carbocycles. The summed E-state index contributed by atoms with van der Waals surface area (Å²) in [5.74, 6) is -0.213. The van der Waals surface area contributed by atoms with Crippen LogP contribution >= 0.6 is 0 Å². The van der Waals surface area contributed by atoms with Gasteiger partial charge in [-0.3, -0.25) is 9.59 Å². The normalized spacial score (nSPS) is 13.1. The van der Waals surface area contributed by atoms with Crippen LogP contribution in [0.1, 0.15) is 49.3 Å². The van der Waals surface area contributed by atoms with Crippen molar-refractivity contribution < 1.29 is 9.59 Å². The number of Topliss-reactive ketones (excluding diaryl/α,β-unsaturated/α-hetero) is 1. The molecular weight excluding hydrogens is 322 g/mol. The van der Waals surface area contributed by atoms with Crippen LogP contribution < -0.4 is 5.32 Å². The summed E-state index contributed by atoms with van der Waals surface area (Å²) in [7, 11) is 0. The molecule has 1 amide bonds. The Morgan fingerprint density at radius 1 is 0.962 bits per heavy atom. The lowest BCUT2D eigenvalue weighted by Gasteiger charge is -2.27. The zero-order valence-electron chi connectivity index (χ0n) is 15.7. The van der Waals surface area contributed by atoms with Gasteiger partial charge >= 0.3 is 0 Å². The minimum atomic E-state index is -0.341. The molecule has 0 aliphatic carbocycles. The second-order valence-electron chi connectivity index (χ2n) is 6.88. The number of carbonyl (C=O) groups is 2. The molecule has 3 heteroatoms. The van der Waals surface area contributed by atoms with Crippen LogP contribution in [-0.4, -0.2) is 18.2 Å². The number of ketones is 1. The first kappa shape index (κ1) is 19.6. The fourth-order valence-corrected chi connectivity index (χ4v) is 3.18. The predicted octanol–water partition coefficient (Wildman–Crippen LogP) is 4.45. The third kappa shape index (κ3) is 4.92. The topological polar surface area (TPSA) is 46.2 Å². The molecule has 0 bridgehead atoms. The van der Waals surface area contributed by atoms with Gasteiger partial charge in [0.2, 0.25) is 5.91 Å². The highest BCUT2D eigenvalue weighted by molar-refractivity contribution is 5.88. The van der Waals surface area contributed by atoms with E-state index in [1.165, 1.54) is 11.6 Å². The van der Waals surface area contributed by atoms with Crippen LogP contribution in [0.3, 0.4) is 0 Å². The Kier molecular flexibility index (Phi) is 6.90. The second-order valence-corrected chi connectivity index (χ2v) is 6.88. The second kappa shape index (κ2) is 9.14. The van der Waals surface area contributed by atoms with Crippen molar-refractivity contribution in [3.8, 4) is 0 Å². The number of carbonyl (C=O) groups excluding carboxylic acids is 2. The number of hydrogen-bond acceptors (Lipinski definition) is 2. The van der Waals surface area contributed by atoms with Crippen molar-refractivity contribution in [3.63, 3.8) is 0 Å². The van der Waals surface area contributed by atoms with E-state index in [-0.39, 0.29) is 30.1 Å². The summed E-state index contributed by atoms with van der Waals surface area (Å²) in [6.45, 7) is 9.66. The van der Waals surface area contributed by atoms with E-state index in [0.29, 0.717) is 5.92 Å². The van der Waals surface area contributed by atoms with Gasteiger partial charge < -0.3 is 5.32 Å². The molecule has 0 aliphatic rings. The van der Waals surface area contributed by atoms with Gasteiger partial charge in [0.15, 0.2) is 0 Å². The van der Waals surface area contributed by atoms with E-state index in [4.69, 9.17) is 0 Å². The van der Waals surface area contributed by atoms with Crippen molar-refractivity contribution >= 4 is 11.7 Å². The lowest BCUT2D eigenvalue weighted by molar-refractivity contribution is -0.121. The molecular formula is C23H27NO2. The summed E-state index contributed by atoms with van der Waals surface area (Å²) in [6.07, 6.45) is 1.23. The van der Waals surface area contributed by atoms with Crippen molar-refractivity contribution in [2.45, 2.75) is 32.6 Å². The fraction of sp³-hybridized carbons (Fsp3) is 0.304. The number of amides is 1. The Hall–Kier alpha value is -2.68. The standard InChI is InChI=1S/C23H27NO2/c1-5-22(26)24-15-21(17(4)25)23(19-9-7-6-8-10-19)20-13-11-18(12-14-20)16(2)3/h5-14,16,21,23H,1,15H2,2-4H3,(H,24,26). The van der Waals surface area contributed by atoms with Crippen LogP contribution in [0.2, 0.25) is 0 Å². The first-order valence-electron chi connectivity index (χ1n) is 8.99. The fourth-order valence-electron chi connectivity index (χ4n) is 3.18. The SMILES string of the molecule is C=CC(=O)NCC(C(C)=O)C(c1ccccc1)c1ccc(C(C)C)cc1. The van der Waals surface area contributed by atoms with Crippen LogP contribution in [0.25, 0.3) is 0 Å². The Morgan fingerprint density at radius 3 is 2.00 bits per heavy atom. The summed E-state index contributed by atoms with van der Waals surface area (Å²) in [4.78, 5) is 24.0. The third-order valence-corrected chi connectivity index (χ3v) is 4.73. The maximum atomic E-state index is 12.4. The largest absolute Gasteiger partial charge is 0.352 e. The minimum absolute atomic E-state index is 0.0520. The van der Waals surface area contributed by atoms with Gasteiger partial charge in [0, 0.05) is 18.4 Å². The molecule has 2 rings (SSSR count). The van der Waals surface area contributed by atoms with Crippen molar-refractivity contribution in [2.75, 3.05) is 6.54 Å². The molecule has 0 saturated heterocycles. The Bertz CT molecular complexity index is 748. The molecule has 2 aromatic rings. The van der Waals surface area contributed by atoms with Crippen molar-refractivity contribution in [3.05, 3.63) is 83.9 Å². The Morgan fingerprint density at radius 2 is 1.50 bits per heavy atom. The van der Waals surface area contributed by atoms with Crippen molar-refractivity contribution in [1.82, 2.24) is 5.32 Å². The summed E-state index contributed by atoms with van der Waals surface area (Å²) in [5, 5.41) is 2.79. The molecule has 2 unspecified atom stereocenters. The van der Waals surface area contributed by atoms with E-state index >= 15 is 0 Å². The molecule has 2 atom stereocenters. The summed E-state index contributed by atoms with van der Waals surface area (Å²) < 4.78 is 0. The highest BCUT2D eigenvalue weighted by Gasteiger charge is 2.28. The first-order valence-corrected chi connectivity index (χ1v) is 8.99. The molecule has 26 heavy (non-hydrogen) atoms. The summed E-state index contributed by atoms with van der Waals surface area (Å²) in [5.41, 5.74) is 3.41. The highest BCUT2D eigenvalue weighted by atomic mass is 16.1. The molecule has 3 nitrogen and oxygen atoms in total. The van der Waals surface area contributed by atoms with E-state index in [9.17, 15) is 9.59 Å². The summed E-state index contributed by atoms with van der Waals surface area (Å²) in [6, 6.07) is 18.4. The minimum Gasteiger partial charge on any atom is -0.352 e. The molecule has 0 aromatic heterocycles. The van der Waals surface area contributed by atoms with E-state index in [1.807, 2.05) is 30.3 Å². The number of hydrogen-bond donors (Lipinski definition) is 1. The third-order valence-electron chi connectivity index (χ3n) is 4.73. The number of rotatable bonds is 8. The molecule has 1 N–H and O–H groups in total. The van der Waals surface area contributed by atoms with Gasteiger partial charge in [0.1, 0.15) is 5.78 Å². The van der Waals surface area contributed by atoms with Gasteiger partial charge in [-0.1, -0.05) is 75.0 Å². The van der Waals surface area contributed by atoms with E-state index < -0.39 is 0 Å². The molecule has 0 fully saturated rings. The van der Waals surface area contributed by atoms with Crippen LogP contribution in [0, 0.1) is 5.92 Å². The van der Waals surface area contributed by atoms with E-state index in [1.54, 1.807) is 6.92 Å². The highest BCUT2D eigenvalue weighted by Crippen LogP contribution is 2.33. The number of benzene rings is 2. The van der Waals surface area contributed by atoms with Gasteiger partial charge in [0.25, 0.3) is 0 Å². The molecule has 2 aromatic carbocycles. The maximum Gasteiger partial charge on any atom is 0.243 e. The van der Waals surface area contributed by atoms with E-state index in [2.05, 4.69) is 50.0 Å². The van der Waals surface area contributed by atoms with E-state index in [0.717, 1.165) is 11.1 Å². The molecule has 0 radical (unpaired) electrons. The smallest absolute Gasteiger partial charge is 0.243 e. The van der Waals surface area contributed by atoms with Gasteiger partial charge in [-0.25, -0.2) is 0 Å². The molecule has 0 spiro atoms. The average molecular weight is 349 g/mol. The zero-order chi connectivity index (χ0) is 19.1. The van der Waals surface area contributed by atoms with Gasteiger partial charge in [-0.2, -0.15) is 0 Å². The summed E-state index contributed by atoms with van der Waals surface area (Å²) >= 11 is 0. The van der Waals surface area contributed by atoms with Crippen molar-refractivity contribution in [2.24, 2.45) is 5.92 Å². The molecule has 136 valence electrons. The Balaban J connectivity index is 2.43. The molecule has 0 heterocycles. The van der Waals surface area contributed by atoms with Crippen LogP contribution in [0.5, 0.6) is 0 Å². The van der Waals surface area contributed by atoms with Crippen LogP contribution in [0.15, 0.2) is 67.3 Å². The van der Waals surface area contributed by atoms with Gasteiger partial charge in [0.05, 0.1) is 0 Å². The quantitative estimate of drug-likeness (QED) is 0.716.